The van der Waals surface area contributed by atoms with Crippen LogP contribution >= 0.6 is 11.8 Å². The summed E-state index contributed by atoms with van der Waals surface area (Å²) in [5.41, 5.74) is 2.87. The van der Waals surface area contributed by atoms with Gasteiger partial charge in [0.05, 0.1) is 0 Å². The van der Waals surface area contributed by atoms with Gasteiger partial charge in [0.1, 0.15) is 23.1 Å². The van der Waals surface area contributed by atoms with Gasteiger partial charge in [-0.15, -0.1) is 11.8 Å². The minimum absolute atomic E-state index is 0.593. The zero-order valence-electron chi connectivity index (χ0n) is 11.2. The third kappa shape index (κ3) is 2.74. The van der Waals surface area contributed by atoms with Gasteiger partial charge in [-0.1, -0.05) is 18.2 Å². The van der Waals surface area contributed by atoms with E-state index >= 15 is 0 Å². The first-order valence-corrected chi connectivity index (χ1v) is 7.21. The van der Waals surface area contributed by atoms with Gasteiger partial charge in [-0.05, 0) is 49.4 Å². The van der Waals surface area contributed by atoms with Crippen LogP contribution in [0.4, 0.5) is 0 Å². The van der Waals surface area contributed by atoms with E-state index in [0.717, 1.165) is 16.2 Å². The van der Waals surface area contributed by atoms with Gasteiger partial charge in [0.2, 0.25) is 0 Å². The van der Waals surface area contributed by atoms with Gasteiger partial charge in [0, 0.05) is 4.90 Å². The first-order chi connectivity index (χ1) is 9.17. The molecule has 0 aliphatic carbocycles. The number of nitriles is 1. The number of benzene rings is 2. The Bertz CT molecular complexity index is 644. The summed E-state index contributed by atoms with van der Waals surface area (Å²) in [6.45, 7) is 4.07. The number of ether oxygens (including phenoxy) is 1. The van der Waals surface area contributed by atoms with Gasteiger partial charge in [0.25, 0.3) is 0 Å². The number of aryl methyl sites for hydroxylation is 1. The highest BCUT2D eigenvalue weighted by atomic mass is 32.2. The minimum Gasteiger partial charge on any atom is -0.456 e. The van der Waals surface area contributed by atoms with Crippen molar-refractivity contribution in [3.05, 3.63) is 53.1 Å². The van der Waals surface area contributed by atoms with Crippen LogP contribution in [-0.2, 0) is 0 Å². The molecule has 0 saturated carbocycles. The Hall–Kier alpha value is -1.92. The molecule has 0 N–H and O–H groups in total. The fourth-order valence-electron chi connectivity index (χ4n) is 1.83. The second-order valence-electron chi connectivity index (χ2n) is 4.25. The molecule has 0 aliphatic heterocycles. The number of hydrogen-bond donors (Lipinski definition) is 0. The van der Waals surface area contributed by atoms with Gasteiger partial charge < -0.3 is 4.74 Å². The molecule has 0 unspecified atom stereocenters. The SMILES string of the molecule is CSc1cccc(Oc2cccc(C)c2C)c1C#N. The lowest BCUT2D eigenvalue weighted by Crippen LogP contribution is -1.93. The number of hydrogen-bond acceptors (Lipinski definition) is 3. The normalized spacial score (nSPS) is 10.0. The molecule has 3 heteroatoms. The average Bonchev–Trinajstić information content (AvgIpc) is 2.43. The van der Waals surface area contributed by atoms with Crippen molar-refractivity contribution in [2.24, 2.45) is 0 Å². The standard InChI is InChI=1S/C16H15NOS/c1-11-6-4-7-14(12(11)2)18-15-8-5-9-16(19-3)13(15)10-17/h4-9H,1-3H3. The van der Waals surface area contributed by atoms with Gasteiger partial charge in [-0.2, -0.15) is 5.26 Å². The Kier molecular flexibility index (Phi) is 4.13. The first-order valence-electron chi connectivity index (χ1n) is 5.98. The maximum atomic E-state index is 9.29. The second-order valence-corrected chi connectivity index (χ2v) is 5.09. The molecule has 2 nitrogen and oxygen atoms in total. The highest BCUT2D eigenvalue weighted by Gasteiger charge is 2.11. The van der Waals surface area contributed by atoms with Crippen molar-refractivity contribution in [3.63, 3.8) is 0 Å². The van der Waals surface area contributed by atoms with Crippen LogP contribution in [-0.4, -0.2) is 6.26 Å². The number of nitrogens with zero attached hydrogens (tertiary/aromatic N) is 1. The predicted octanol–water partition coefficient (Wildman–Crippen LogP) is 4.69. The van der Waals surface area contributed by atoms with E-state index in [-0.39, 0.29) is 0 Å². The van der Waals surface area contributed by atoms with Crippen LogP contribution in [0.5, 0.6) is 11.5 Å². The largest absolute Gasteiger partial charge is 0.456 e. The molecule has 0 spiro atoms. The van der Waals surface area contributed by atoms with Gasteiger partial charge in [0.15, 0.2) is 0 Å². The summed E-state index contributed by atoms with van der Waals surface area (Å²) < 4.78 is 5.92. The van der Waals surface area contributed by atoms with Crippen molar-refractivity contribution >= 4 is 11.8 Å². The lowest BCUT2D eigenvalue weighted by atomic mass is 10.1. The first kappa shape index (κ1) is 13.5. The maximum absolute atomic E-state index is 9.29. The Morgan fingerprint density at radius 3 is 2.42 bits per heavy atom. The molecule has 0 radical (unpaired) electrons. The molecule has 19 heavy (non-hydrogen) atoms. The summed E-state index contributed by atoms with van der Waals surface area (Å²) in [5.74, 6) is 1.41. The van der Waals surface area contributed by atoms with Crippen molar-refractivity contribution in [1.29, 1.82) is 5.26 Å². The van der Waals surface area contributed by atoms with Crippen molar-refractivity contribution < 1.29 is 4.74 Å². The number of rotatable bonds is 3. The topological polar surface area (TPSA) is 33.0 Å². The monoisotopic (exact) mass is 269 g/mol. The van der Waals surface area contributed by atoms with Crippen molar-refractivity contribution in [2.45, 2.75) is 18.7 Å². The molecule has 0 atom stereocenters. The Morgan fingerprint density at radius 2 is 1.74 bits per heavy atom. The molecule has 0 amide bonds. The average molecular weight is 269 g/mol. The van der Waals surface area contributed by atoms with Crippen LogP contribution in [0.3, 0.4) is 0 Å². The molecule has 2 aromatic rings. The quantitative estimate of drug-likeness (QED) is 0.758. The van der Waals surface area contributed by atoms with Crippen LogP contribution in [0.1, 0.15) is 16.7 Å². The lowest BCUT2D eigenvalue weighted by Gasteiger charge is -2.12. The lowest BCUT2D eigenvalue weighted by molar-refractivity contribution is 0.475. The highest BCUT2D eigenvalue weighted by Crippen LogP contribution is 2.33. The highest BCUT2D eigenvalue weighted by molar-refractivity contribution is 7.98. The van der Waals surface area contributed by atoms with E-state index in [2.05, 4.69) is 6.07 Å². The second kappa shape index (κ2) is 5.81. The van der Waals surface area contributed by atoms with Crippen LogP contribution in [0.25, 0.3) is 0 Å². The Labute approximate surface area is 118 Å². The molecule has 0 heterocycles. The molecule has 0 bridgehead atoms. The molecular formula is C16H15NOS. The van der Waals surface area contributed by atoms with Gasteiger partial charge >= 0.3 is 0 Å². The summed E-state index contributed by atoms with van der Waals surface area (Å²) in [6, 6.07) is 13.8. The minimum atomic E-state index is 0.593. The molecule has 2 rings (SSSR count). The van der Waals surface area contributed by atoms with E-state index in [0.29, 0.717) is 11.3 Å². The van der Waals surface area contributed by atoms with Crippen LogP contribution in [0.2, 0.25) is 0 Å². The summed E-state index contributed by atoms with van der Waals surface area (Å²) in [7, 11) is 0. The molecule has 0 fully saturated rings. The molecule has 0 aromatic heterocycles. The molecule has 2 aromatic carbocycles. The van der Waals surface area contributed by atoms with Gasteiger partial charge in [-0.25, -0.2) is 0 Å². The summed E-state index contributed by atoms with van der Waals surface area (Å²) >= 11 is 1.55. The zero-order valence-corrected chi connectivity index (χ0v) is 12.0. The fourth-order valence-corrected chi connectivity index (χ4v) is 2.39. The van der Waals surface area contributed by atoms with Gasteiger partial charge in [-0.3, -0.25) is 0 Å². The zero-order chi connectivity index (χ0) is 13.8. The molecular weight excluding hydrogens is 254 g/mol. The van der Waals surface area contributed by atoms with Crippen LogP contribution in [0, 0.1) is 25.2 Å². The third-order valence-corrected chi connectivity index (χ3v) is 3.87. The summed E-state index contributed by atoms with van der Waals surface area (Å²) in [6.07, 6.45) is 1.96. The smallest absolute Gasteiger partial charge is 0.146 e. The summed E-state index contributed by atoms with van der Waals surface area (Å²) in [4.78, 5) is 0.935. The van der Waals surface area contributed by atoms with Crippen molar-refractivity contribution in [2.75, 3.05) is 6.26 Å². The van der Waals surface area contributed by atoms with E-state index in [1.54, 1.807) is 11.8 Å². The van der Waals surface area contributed by atoms with Crippen molar-refractivity contribution in [1.82, 2.24) is 0 Å². The molecule has 96 valence electrons. The maximum Gasteiger partial charge on any atom is 0.146 e. The van der Waals surface area contributed by atoms with E-state index in [1.165, 1.54) is 5.56 Å². The Morgan fingerprint density at radius 1 is 1.05 bits per heavy atom. The molecule has 0 aliphatic rings. The third-order valence-electron chi connectivity index (χ3n) is 3.09. The number of thioether (sulfide) groups is 1. The molecule has 0 saturated heterocycles. The van der Waals surface area contributed by atoms with E-state index < -0.39 is 0 Å². The van der Waals surface area contributed by atoms with Crippen LogP contribution < -0.4 is 4.74 Å². The van der Waals surface area contributed by atoms with Crippen molar-refractivity contribution in [3.8, 4) is 17.6 Å². The Balaban J connectivity index is 2.44. The van der Waals surface area contributed by atoms with E-state index in [1.807, 2.05) is 56.5 Å². The van der Waals surface area contributed by atoms with E-state index in [4.69, 9.17) is 4.74 Å². The predicted molar refractivity (Wildman–Crippen MR) is 78.9 cm³/mol. The summed E-state index contributed by atoms with van der Waals surface area (Å²) in [5, 5.41) is 9.29. The van der Waals surface area contributed by atoms with Crippen LogP contribution in [0.15, 0.2) is 41.3 Å². The van der Waals surface area contributed by atoms with E-state index in [9.17, 15) is 5.26 Å². The fraction of sp³-hybridized carbons (Fsp3) is 0.188.